The fraction of sp³-hybridized carbons (Fsp3) is 0.556. The Bertz CT molecular complexity index is 681. The van der Waals surface area contributed by atoms with E-state index in [1.54, 1.807) is 37.3 Å². The van der Waals surface area contributed by atoms with Crippen LogP contribution in [0.15, 0.2) is 35.4 Å². The van der Waals surface area contributed by atoms with Crippen molar-refractivity contribution in [3.05, 3.63) is 30.3 Å². The highest BCUT2D eigenvalue weighted by Gasteiger charge is 2.69. The van der Waals surface area contributed by atoms with Crippen LogP contribution in [0.2, 0.25) is 0 Å². The van der Waals surface area contributed by atoms with E-state index in [0.717, 1.165) is 0 Å². The number of carbonyl (C=O) groups excluding carboxylic acids is 1. The summed E-state index contributed by atoms with van der Waals surface area (Å²) in [4.78, 5) is 12.8. The minimum Gasteiger partial charge on any atom is -0.298 e. The van der Waals surface area contributed by atoms with Gasteiger partial charge in [-0.05, 0) is 36.3 Å². The number of para-hydroxylation sites is 1. The van der Waals surface area contributed by atoms with E-state index in [1.165, 1.54) is 0 Å². The maximum atomic E-state index is 13.6. The molecule has 3 atom stereocenters. The smallest absolute Gasteiger partial charge is 0.298 e. The van der Waals surface area contributed by atoms with E-state index < -0.39 is 28.6 Å². The molecule has 0 radical (unpaired) electrons. The second-order valence-corrected chi connectivity index (χ2v) is 7.51. The molecule has 2 aliphatic carbocycles. The van der Waals surface area contributed by atoms with Gasteiger partial charge >= 0.3 is 6.18 Å². The molecule has 2 aliphatic rings. The van der Waals surface area contributed by atoms with Gasteiger partial charge in [-0.2, -0.15) is 18.3 Å². The molecule has 1 aromatic rings. The monoisotopic (exact) mass is 338 g/mol. The highest BCUT2D eigenvalue weighted by Crippen LogP contribution is 2.66. The number of rotatable bonds is 3. The number of halogens is 3. The summed E-state index contributed by atoms with van der Waals surface area (Å²) in [7, 11) is 0. The van der Waals surface area contributed by atoms with Crippen LogP contribution in [0, 0.1) is 22.7 Å². The zero-order chi connectivity index (χ0) is 17.8. The molecule has 0 amide bonds. The number of alkyl halides is 3. The molecule has 24 heavy (non-hydrogen) atoms. The van der Waals surface area contributed by atoms with Gasteiger partial charge in [-0.1, -0.05) is 39.0 Å². The van der Waals surface area contributed by atoms with Crippen LogP contribution in [0.5, 0.6) is 0 Å². The molecule has 2 fully saturated rings. The Morgan fingerprint density at radius 1 is 1.21 bits per heavy atom. The lowest BCUT2D eigenvalue weighted by atomic mass is 9.70. The van der Waals surface area contributed by atoms with E-state index in [0.29, 0.717) is 18.5 Å². The van der Waals surface area contributed by atoms with E-state index in [1.807, 2.05) is 13.8 Å². The third-order valence-corrected chi connectivity index (χ3v) is 6.20. The minimum atomic E-state index is -4.64. The maximum absolute atomic E-state index is 13.6. The van der Waals surface area contributed by atoms with Crippen LogP contribution in [0.1, 0.15) is 33.6 Å². The van der Waals surface area contributed by atoms with Crippen molar-refractivity contribution in [3.8, 4) is 0 Å². The average molecular weight is 338 g/mol. The van der Waals surface area contributed by atoms with Crippen molar-refractivity contribution in [1.82, 2.24) is 0 Å². The van der Waals surface area contributed by atoms with Crippen molar-refractivity contribution in [2.24, 2.45) is 27.8 Å². The second kappa shape index (κ2) is 5.33. The van der Waals surface area contributed by atoms with Crippen LogP contribution in [0.3, 0.4) is 0 Å². The summed E-state index contributed by atoms with van der Waals surface area (Å²) in [5.74, 6) is -1.84. The van der Waals surface area contributed by atoms with Gasteiger partial charge in [0.15, 0.2) is 5.71 Å². The Kier molecular flexibility index (Phi) is 3.77. The summed E-state index contributed by atoms with van der Waals surface area (Å²) in [6.07, 6.45) is -3.36. The number of benzene rings is 1. The first-order valence-electron chi connectivity index (χ1n) is 8.09. The number of anilines is 1. The van der Waals surface area contributed by atoms with Crippen LogP contribution in [-0.4, -0.2) is 17.7 Å². The Hall–Kier alpha value is -1.85. The third kappa shape index (κ3) is 2.34. The van der Waals surface area contributed by atoms with E-state index >= 15 is 0 Å². The number of Topliss-reactive ketones (excluding diaryl/α,β-unsaturated/α-hetero) is 1. The molecular formula is C18H21F3N2O. The number of ketones is 1. The number of nitrogens with one attached hydrogen (secondary N) is 1. The number of carbonyl (C=O) groups is 1. The maximum Gasteiger partial charge on any atom is 0.431 e. The molecule has 0 spiro atoms. The van der Waals surface area contributed by atoms with Crippen molar-refractivity contribution in [1.29, 1.82) is 0 Å². The molecule has 1 aromatic carbocycles. The number of nitrogens with zero attached hydrogens (tertiary/aromatic N) is 1. The molecule has 0 saturated heterocycles. The van der Waals surface area contributed by atoms with Crippen LogP contribution in [0.4, 0.5) is 18.9 Å². The Morgan fingerprint density at radius 3 is 2.33 bits per heavy atom. The minimum absolute atomic E-state index is 0.324. The largest absolute Gasteiger partial charge is 0.431 e. The summed E-state index contributed by atoms with van der Waals surface area (Å²) in [5, 5.41) is 3.63. The SMILES string of the molecule is CC1(C)[C@H]2CC[C@@]1(C)C(=O)[C@@H]2/C(=N\Nc1ccccc1)C(F)(F)F. The second-order valence-electron chi connectivity index (χ2n) is 7.51. The molecule has 130 valence electrons. The Morgan fingerprint density at radius 2 is 1.83 bits per heavy atom. The van der Waals surface area contributed by atoms with E-state index in [9.17, 15) is 18.0 Å². The fourth-order valence-electron chi connectivity index (χ4n) is 4.35. The molecule has 2 bridgehead atoms. The van der Waals surface area contributed by atoms with Gasteiger partial charge in [-0.3, -0.25) is 10.2 Å². The number of hydrazone groups is 1. The number of fused-ring (bicyclic) bond motifs is 2. The van der Waals surface area contributed by atoms with Crippen molar-refractivity contribution in [2.45, 2.75) is 39.8 Å². The molecular weight excluding hydrogens is 317 g/mol. The molecule has 6 heteroatoms. The molecule has 0 unspecified atom stereocenters. The highest BCUT2D eigenvalue weighted by atomic mass is 19.4. The summed E-state index contributed by atoms with van der Waals surface area (Å²) < 4.78 is 40.9. The lowest BCUT2D eigenvalue weighted by molar-refractivity contribution is -0.131. The van der Waals surface area contributed by atoms with Crippen LogP contribution in [0.25, 0.3) is 0 Å². The lowest BCUT2D eigenvalue weighted by Gasteiger charge is -2.32. The topological polar surface area (TPSA) is 41.5 Å². The summed E-state index contributed by atoms with van der Waals surface area (Å²) in [6.45, 7) is 5.61. The van der Waals surface area contributed by atoms with Gasteiger partial charge < -0.3 is 0 Å². The van der Waals surface area contributed by atoms with E-state index in [2.05, 4.69) is 10.5 Å². The average Bonchev–Trinajstić information content (AvgIpc) is 2.81. The predicted molar refractivity (Wildman–Crippen MR) is 86.7 cm³/mol. The predicted octanol–water partition coefficient (Wildman–Crippen LogP) is 4.66. The van der Waals surface area contributed by atoms with Gasteiger partial charge in [0.2, 0.25) is 0 Å². The van der Waals surface area contributed by atoms with Gasteiger partial charge in [-0.25, -0.2) is 0 Å². The first-order valence-corrected chi connectivity index (χ1v) is 8.09. The first-order chi connectivity index (χ1) is 11.1. The summed E-state index contributed by atoms with van der Waals surface area (Å²) >= 11 is 0. The van der Waals surface area contributed by atoms with Crippen LogP contribution < -0.4 is 5.43 Å². The molecule has 0 heterocycles. The lowest BCUT2D eigenvalue weighted by Crippen LogP contribution is -2.41. The van der Waals surface area contributed by atoms with Gasteiger partial charge in [0, 0.05) is 5.41 Å². The van der Waals surface area contributed by atoms with Crippen molar-refractivity contribution < 1.29 is 18.0 Å². The standard InChI is InChI=1S/C18H21F3N2O/c1-16(2)12-9-10-17(16,3)15(24)13(12)14(18(19,20)21)23-22-11-7-5-4-6-8-11/h4-8,12-13,22H,9-10H2,1-3H3/b23-14+/t12-,13-,17-/m0/s1. The summed E-state index contributed by atoms with van der Waals surface area (Å²) in [5.41, 5.74) is 0.762. The van der Waals surface area contributed by atoms with Crippen molar-refractivity contribution in [3.63, 3.8) is 0 Å². The zero-order valence-electron chi connectivity index (χ0n) is 13.9. The van der Waals surface area contributed by atoms with Gasteiger partial charge in [-0.15, -0.1) is 0 Å². The Labute approximate surface area is 139 Å². The quantitative estimate of drug-likeness (QED) is 0.643. The van der Waals surface area contributed by atoms with Crippen molar-refractivity contribution >= 4 is 17.2 Å². The normalized spacial score (nSPS) is 32.2. The van der Waals surface area contributed by atoms with Gasteiger partial charge in [0.1, 0.15) is 5.78 Å². The van der Waals surface area contributed by atoms with Crippen LogP contribution >= 0.6 is 0 Å². The van der Waals surface area contributed by atoms with Gasteiger partial charge in [0.25, 0.3) is 0 Å². The van der Waals surface area contributed by atoms with E-state index in [-0.39, 0.29) is 11.7 Å². The molecule has 2 saturated carbocycles. The zero-order valence-corrected chi connectivity index (χ0v) is 13.9. The molecule has 0 aromatic heterocycles. The number of hydrogen-bond acceptors (Lipinski definition) is 3. The molecule has 1 N–H and O–H groups in total. The van der Waals surface area contributed by atoms with Crippen LogP contribution in [-0.2, 0) is 4.79 Å². The third-order valence-electron chi connectivity index (χ3n) is 6.20. The summed E-state index contributed by atoms with van der Waals surface area (Å²) in [6, 6.07) is 8.44. The molecule has 3 rings (SSSR count). The fourth-order valence-corrected chi connectivity index (χ4v) is 4.35. The van der Waals surface area contributed by atoms with Crippen molar-refractivity contribution in [2.75, 3.05) is 5.43 Å². The van der Waals surface area contributed by atoms with Gasteiger partial charge in [0.05, 0.1) is 11.6 Å². The highest BCUT2D eigenvalue weighted by molar-refractivity contribution is 6.12. The molecule has 0 aliphatic heterocycles. The Balaban J connectivity index is 1.98. The molecule has 3 nitrogen and oxygen atoms in total. The van der Waals surface area contributed by atoms with E-state index in [4.69, 9.17) is 0 Å². The number of hydrogen-bond donors (Lipinski definition) is 1. The first kappa shape index (κ1) is 17.0.